The smallest absolute Gasteiger partial charge is 0.115 e. The number of aromatic nitrogens is 2. The summed E-state index contributed by atoms with van der Waals surface area (Å²) in [4.78, 5) is 8.23. The van der Waals surface area contributed by atoms with Crippen molar-refractivity contribution < 1.29 is 0 Å². The summed E-state index contributed by atoms with van der Waals surface area (Å²) in [7, 11) is 0. The molecule has 0 aromatic carbocycles. The third-order valence-corrected chi connectivity index (χ3v) is 3.26. The van der Waals surface area contributed by atoms with E-state index in [1.165, 1.54) is 31.3 Å². The van der Waals surface area contributed by atoms with Crippen molar-refractivity contribution in [2.24, 2.45) is 5.84 Å². The van der Waals surface area contributed by atoms with Crippen LogP contribution >= 0.6 is 0 Å². The van der Waals surface area contributed by atoms with Crippen LogP contribution in [-0.4, -0.2) is 9.97 Å². The lowest BCUT2D eigenvalue weighted by molar-refractivity contribution is 0.546. The Kier molecular flexibility index (Phi) is 4.64. The van der Waals surface area contributed by atoms with Crippen LogP contribution in [0.25, 0.3) is 0 Å². The Hall–Kier alpha value is -1.26. The second-order valence-corrected chi connectivity index (χ2v) is 4.47. The molecular weight excluding hydrogens is 212 g/mol. The maximum absolute atomic E-state index is 5.67. The summed E-state index contributed by atoms with van der Waals surface area (Å²) in [5.74, 6) is 5.67. The molecule has 0 saturated heterocycles. The van der Waals surface area contributed by atoms with Crippen molar-refractivity contribution in [3.05, 3.63) is 35.9 Å². The Morgan fingerprint density at radius 1 is 1.24 bits per heavy atom. The number of hydrogen-bond donors (Lipinski definition) is 2. The molecule has 0 spiro atoms. The summed E-state index contributed by atoms with van der Waals surface area (Å²) in [6.07, 6.45) is 13.1. The first kappa shape index (κ1) is 12.2. The summed E-state index contributed by atoms with van der Waals surface area (Å²) in [5.41, 5.74) is 5.20. The fourth-order valence-electron chi connectivity index (χ4n) is 2.33. The first-order chi connectivity index (χ1) is 8.42. The Labute approximate surface area is 102 Å². The van der Waals surface area contributed by atoms with Crippen LogP contribution in [0.15, 0.2) is 30.2 Å². The third-order valence-electron chi connectivity index (χ3n) is 3.26. The fraction of sp³-hybridized carbons (Fsp3) is 0.538. The van der Waals surface area contributed by atoms with Crippen molar-refractivity contribution in [3.8, 4) is 0 Å². The lowest BCUT2D eigenvalue weighted by atomic mass is 9.93. The van der Waals surface area contributed by atoms with Gasteiger partial charge in [0.05, 0.1) is 11.7 Å². The molecule has 0 amide bonds. The van der Waals surface area contributed by atoms with E-state index in [1.807, 2.05) is 6.07 Å². The largest absolute Gasteiger partial charge is 0.271 e. The summed E-state index contributed by atoms with van der Waals surface area (Å²) in [6.45, 7) is 0. The molecule has 1 unspecified atom stereocenters. The van der Waals surface area contributed by atoms with E-state index in [4.69, 9.17) is 5.84 Å². The minimum absolute atomic E-state index is 0.0381. The fourth-order valence-corrected chi connectivity index (χ4v) is 2.33. The molecule has 0 saturated carbocycles. The molecule has 1 heterocycles. The highest BCUT2D eigenvalue weighted by Gasteiger charge is 2.16. The Morgan fingerprint density at radius 2 is 2.12 bits per heavy atom. The molecule has 2 rings (SSSR count). The van der Waals surface area contributed by atoms with E-state index in [9.17, 15) is 0 Å². The minimum atomic E-state index is 0.0381. The van der Waals surface area contributed by atoms with E-state index < -0.39 is 0 Å². The normalized spacial score (nSPS) is 22.1. The van der Waals surface area contributed by atoms with Gasteiger partial charge in [-0.3, -0.25) is 5.84 Å². The molecule has 4 heteroatoms. The van der Waals surface area contributed by atoms with Crippen LogP contribution in [0.3, 0.4) is 0 Å². The molecule has 1 atom stereocenters. The molecule has 4 nitrogen and oxygen atoms in total. The van der Waals surface area contributed by atoms with E-state index >= 15 is 0 Å². The van der Waals surface area contributed by atoms with Crippen LogP contribution in [0.1, 0.15) is 50.3 Å². The first-order valence-electron chi connectivity index (χ1n) is 6.33. The average Bonchev–Trinajstić information content (AvgIpc) is 2.34. The topological polar surface area (TPSA) is 63.8 Å². The van der Waals surface area contributed by atoms with Gasteiger partial charge in [0.15, 0.2) is 0 Å². The predicted molar refractivity (Wildman–Crippen MR) is 67.9 cm³/mol. The molecule has 0 radical (unpaired) electrons. The SMILES string of the molecule is NNC(/C1=C/CCCCCC1)c1ccncn1. The molecule has 1 aromatic rings. The second kappa shape index (κ2) is 6.47. The molecule has 17 heavy (non-hydrogen) atoms. The molecule has 1 aliphatic carbocycles. The number of nitrogens with zero attached hydrogens (tertiary/aromatic N) is 2. The van der Waals surface area contributed by atoms with Crippen LogP contribution in [0.5, 0.6) is 0 Å². The maximum Gasteiger partial charge on any atom is 0.115 e. The number of hydrazine groups is 1. The van der Waals surface area contributed by atoms with Gasteiger partial charge in [0.25, 0.3) is 0 Å². The molecule has 1 aromatic heterocycles. The zero-order valence-electron chi connectivity index (χ0n) is 10.1. The zero-order chi connectivity index (χ0) is 11.9. The number of allylic oxidation sites excluding steroid dienone is 1. The summed E-state index contributed by atoms with van der Waals surface area (Å²) >= 11 is 0. The molecule has 0 fully saturated rings. The third kappa shape index (κ3) is 3.35. The predicted octanol–water partition coefficient (Wildman–Crippen LogP) is 2.26. The lowest BCUT2D eigenvalue weighted by Gasteiger charge is -2.20. The van der Waals surface area contributed by atoms with Crippen molar-refractivity contribution in [1.29, 1.82) is 0 Å². The average molecular weight is 232 g/mol. The number of hydrogen-bond acceptors (Lipinski definition) is 4. The van der Waals surface area contributed by atoms with Gasteiger partial charge in [0, 0.05) is 6.20 Å². The maximum atomic E-state index is 5.67. The van der Waals surface area contributed by atoms with Crippen molar-refractivity contribution in [2.45, 2.75) is 44.6 Å². The van der Waals surface area contributed by atoms with Crippen molar-refractivity contribution >= 4 is 0 Å². The van der Waals surface area contributed by atoms with Gasteiger partial charge < -0.3 is 0 Å². The van der Waals surface area contributed by atoms with Crippen LogP contribution in [0.4, 0.5) is 0 Å². The van der Waals surface area contributed by atoms with Gasteiger partial charge in [0.1, 0.15) is 6.33 Å². The van der Waals surface area contributed by atoms with Gasteiger partial charge in [-0.05, 0) is 31.7 Å². The van der Waals surface area contributed by atoms with Gasteiger partial charge >= 0.3 is 0 Å². The second-order valence-electron chi connectivity index (χ2n) is 4.47. The standard InChI is InChI=1S/C13H20N4/c14-17-13(12-8-9-15-10-16-12)11-6-4-2-1-3-5-7-11/h6,8-10,13,17H,1-5,7,14H2/b11-6+. The molecular formula is C13H20N4. The Balaban J connectivity index is 2.16. The molecule has 0 aliphatic heterocycles. The van der Waals surface area contributed by atoms with Gasteiger partial charge in [-0.2, -0.15) is 0 Å². The first-order valence-corrected chi connectivity index (χ1v) is 6.33. The van der Waals surface area contributed by atoms with E-state index in [0.29, 0.717) is 0 Å². The highest BCUT2D eigenvalue weighted by molar-refractivity contribution is 5.21. The number of rotatable bonds is 3. The van der Waals surface area contributed by atoms with E-state index in [2.05, 4.69) is 21.5 Å². The lowest BCUT2D eigenvalue weighted by Crippen LogP contribution is -2.30. The summed E-state index contributed by atoms with van der Waals surface area (Å²) in [5, 5.41) is 0. The minimum Gasteiger partial charge on any atom is -0.271 e. The van der Waals surface area contributed by atoms with Crippen LogP contribution in [0.2, 0.25) is 0 Å². The van der Waals surface area contributed by atoms with Crippen LogP contribution < -0.4 is 11.3 Å². The van der Waals surface area contributed by atoms with Crippen molar-refractivity contribution in [1.82, 2.24) is 15.4 Å². The van der Waals surface area contributed by atoms with Gasteiger partial charge in [-0.25, -0.2) is 15.4 Å². The summed E-state index contributed by atoms with van der Waals surface area (Å²) in [6, 6.07) is 1.96. The van der Waals surface area contributed by atoms with E-state index in [-0.39, 0.29) is 6.04 Å². The molecule has 3 N–H and O–H groups in total. The Morgan fingerprint density at radius 3 is 2.88 bits per heavy atom. The van der Waals surface area contributed by atoms with Crippen LogP contribution in [-0.2, 0) is 0 Å². The Bertz CT molecular complexity index is 361. The van der Waals surface area contributed by atoms with Crippen molar-refractivity contribution in [2.75, 3.05) is 0 Å². The molecule has 92 valence electrons. The summed E-state index contributed by atoms with van der Waals surface area (Å²) < 4.78 is 0. The quantitative estimate of drug-likeness (QED) is 0.476. The van der Waals surface area contributed by atoms with Gasteiger partial charge in [0.2, 0.25) is 0 Å². The number of nitrogens with one attached hydrogen (secondary N) is 1. The van der Waals surface area contributed by atoms with Crippen LogP contribution in [0, 0.1) is 0 Å². The molecule has 1 aliphatic rings. The monoisotopic (exact) mass is 232 g/mol. The molecule has 0 bridgehead atoms. The highest BCUT2D eigenvalue weighted by Crippen LogP contribution is 2.26. The zero-order valence-corrected chi connectivity index (χ0v) is 10.1. The van der Waals surface area contributed by atoms with Gasteiger partial charge in [-0.15, -0.1) is 0 Å². The highest BCUT2D eigenvalue weighted by atomic mass is 15.2. The van der Waals surface area contributed by atoms with E-state index in [1.54, 1.807) is 12.5 Å². The van der Waals surface area contributed by atoms with Gasteiger partial charge in [-0.1, -0.05) is 24.5 Å². The number of nitrogens with two attached hydrogens (primary N) is 1. The van der Waals surface area contributed by atoms with Crippen molar-refractivity contribution in [3.63, 3.8) is 0 Å². The van der Waals surface area contributed by atoms with E-state index in [0.717, 1.165) is 18.5 Å².